The molecule has 0 aliphatic carbocycles. The van der Waals surface area contributed by atoms with Crippen molar-refractivity contribution in [1.29, 1.82) is 0 Å². The van der Waals surface area contributed by atoms with Crippen molar-refractivity contribution in [2.24, 2.45) is 5.92 Å². The number of hydrogen-bond donors (Lipinski definition) is 2. The van der Waals surface area contributed by atoms with E-state index in [1.165, 1.54) is 34.9 Å². The van der Waals surface area contributed by atoms with Gasteiger partial charge in [-0.15, -0.1) is 0 Å². The molecule has 0 radical (unpaired) electrons. The van der Waals surface area contributed by atoms with Crippen LogP contribution in [-0.4, -0.2) is 42.6 Å². The van der Waals surface area contributed by atoms with Crippen LogP contribution in [0.3, 0.4) is 0 Å². The fraction of sp³-hybridized carbons (Fsp3) is 0.278. The SMILES string of the molecule is O=C(NNC(=O)C1CCN(S(=O)(=O)c2cccnc2)CC1)c1ccc(F)cc1. The Bertz CT molecular complexity index is 943. The number of halogens is 1. The highest BCUT2D eigenvalue weighted by Gasteiger charge is 2.32. The lowest BCUT2D eigenvalue weighted by Crippen LogP contribution is -2.48. The number of hydrazine groups is 1. The number of pyridine rings is 1. The van der Waals surface area contributed by atoms with E-state index in [1.807, 2.05) is 0 Å². The Labute approximate surface area is 161 Å². The van der Waals surface area contributed by atoms with E-state index in [0.717, 1.165) is 12.1 Å². The molecule has 2 aromatic rings. The highest BCUT2D eigenvalue weighted by molar-refractivity contribution is 7.89. The largest absolute Gasteiger partial charge is 0.273 e. The topological polar surface area (TPSA) is 108 Å². The zero-order chi connectivity index (χ0) is 20.1. The standard InChI is InChI=1S/C18H19FN4O4S/c19-15-5-3-13(4-6-15)17(24)21-22-18(25)14-7-10-23(11-8-14)28(26,27)16-2-1-9-20-12-16/h1-6,9,12,14H,7-8,10-11H2,(H,21,24)(H,22,25). The van der Waals surface area contributed by atoms with Crippen LogP contribution < -0.4 is 10.9 Å². The van der Waals surface area contributed by atoms with Crippen molar-refractivity contribution in [3.63, 3.8) is 0 Å². The summed E-state index contributed by atoms with van der Waals surface area (Å²) in [6, 6.07) is 7.94. The maximum atomic E-state index is 12.9. The predicted molar refractivity (Wildman–Crippen MR) is 97.7 cm³/mol. The third-order valence-corrected chi connectivity index (χ3v) is 6.38. The Kier molecular flexibility index (Phi) is 6.00. The van der Waals surface area contributed by atoms with Crippen LogP contribution in [0.15, 0.2) is 53.7 Å². The summed E-state index contributed by atoms with van der Waals surface area (Å²) in [7, 11) is -3.64. The van der Waals surface area contributed by atoms with E-state index >= 15 is 0 Å². The van der Waals surface area contributed by atoms with Gasteiger partial charge in [0.05, 0.1) is 0 Å². The van der Waals surface area contributed by atoms with E-state index in [-0.39, 0.29) is 23.5 Å². The summed E-state index contributed by atoms with van der Waals surface area (Å²) >= 11 is 0. The summed E-state index contributed by atoms with van der Waals surface area (Å²) in [4.78, 5) is 28.1. The fourth-order valence-corrected chi connectivity index (χ4v) is 4.34. The van der Waals surface area contributed by atoms with Crippen molar-refractivity contribution in [1.82, 2.24) is 20.1 Å². The first-order valence-corrected chi connectivity index (χ1v) is 10.1. The van der Waals surface area contributed by atoms with Crippen LogP contribution in [0.1, 0.15) is 23.2 Å². The average molecular weight is 406 g/mol. The number of carbonyl (C=O) groups excluding carboxylic acids is 2. The smallest absolute Gasteiger partial charge is 0.269 e. The second kappa shape index (κ2) is 8.44. The zero-order valence-electron chi connectivity index (χ0n) is 14.8. The van der Waals surface area contributed by atoms with Crippen molar-refractivity contribution in [3.05, 3.63) is 60.2 Å². The molecule has 2 N–H and O–H groups in total. The van der Waals surface area contributed by atoms with E-state index in [4.69, 9.17) is 0 Å². The van der Waals surface area contributed by atoms with Crippen LogP contribution in [0.4, 0.5) is 4.39 Å². The van der Waals surface area contributed by atoms with Crippen molar-refractivity contribution in [2.75, 3.05) is 13.1 Å². The lowest BCUT2D eigenvalue weighted by Gasteiger charge is -2.30. The Balaban J connectivity index is 1.51. The molecule has 0 saturated carbocycles. The van der Waals surface area contributed by atoms with E-state index in [2.05, 4.69) is 15.8 Å². The summed E-state index contributed by atoms with van der Waals surface area (Å²) in [5.41, 5.74) is 4.83. The number of nitrogens with one attached hydrogen (secondary N) is 2. The molecule has 2 amide bonds. The summed E-state index contributed by atoms with van der Waals surface area (Å²) in [5, 5.41) is 0. The number of rotatable bonds is 4. The highest BCUT2D eigenvalue weighted by Crippen LogP contribution is 2.23. The molecule has 1 aromatic carbocycles. The Morgan fingerprint density at radius 3 is 2.36 bits per heavy atom. The van der Waals surface area contributed by atoms with Gasteiger partial charge >= 0.3 is 0 Å². The summed E-state index contributed by atoms with van der Waals surface area (Å²) in [6.07, 6.45) is 3.45. The molecule has 0 unspecified atom stereocenters. The molecule has 1 fully saturated rings. The number of benzene rings is 1. The molecule has 2 heterocycles. The molecular formula is C18H19FN4O4S. The predicted octanol–water partition coefficient (Wildman–Crippen LogP) is 1.08. The first kappa shape index (κ1) is 19.9. The van der Waals surface area contributed by atoms with E-state index in [0.29, 0.717) is 12.8 Å². The van der Waals surface area contributed by atoms with Crippen molar-refractivity contribution < 1.29 is 22.4 Å². The number of hydrogen-bond acceptors (Lipinski definition) is 5. The molecule has 10 heteroatoms. The average Bonchev–Trinajstić information content (AvgIpc) is 2.73. The van der Waals surface area contributed by atoms with E-state index < -0.39 is 33.6 Å². The Hall–Kier alpha value is -2.85. The second-order valence-electron chi connectivity index (χ2n) is 6.32. The minimum atomic E-state index is -3.64. The third kappa shape index (κ3) is 4.52. The normalized spacial score (nSPS) is 15.8. The van der Waals surface area contributed by atoms with Crippen LogP contribution in [0.25, 0.3) is 0 Å². The van der Waals surface area contributed by atoms with Gasteiger partial charge in [0.15, 0.2) is 0 Å². The van der Waals surface area contributed by atoms with Gasteiger partial charge in [-0.25, -0.2) is 12.8 Å². The molecule has 1 saturated heterocycles. The second-order valence-corrected chi connectivity index (χ2v) is 8.26. The maximum Gasteiger partial charge on any atom is 0.269 e. The van der Waals surface area contributed by atoms with Gasteiger partial charge in [-0.2, -0.15) is 4.31 Å². The molecule has 0 bridgehead atoms. The molecule has 148 valence electrons. The minimum Gasteiger partial charge on any atom is -0.273 e. The van der Waals surface area contributed by atoms with Gasteiger partial charge in [-0.1, -0.05) is 0 Å². The van der Waals surface area contributed by atoms with Crippen LogP contribution in [0.5, 0.6) is 0 Å². The summed E-state index contributed by atoms with van der Waals surface area (Å²) in [5.74, 6) is -1.85. The van der Waals surface area contributed by atoms with Gasteiger partial charge < -0.3 is 0 Å². The van der Waals surface area contributed by atoms with Crippen LogP contribution in [0, 0.1) is 11.7 Å². The molecule has 3 rings (SSSR count). The monoisotopic (exact) mass is 406 g/mol. The van der Waals surface area contributed by atoms with E-state index in [1.54, 1.807) is 6.07 Å². The van der Waals surface area contributed by atoms with Crippen LogP contribution >= 0.6 is 0 Å². The molecular weight excluding hydrogens is 387 g/mol. The molecule has 0 atom stereocenters. The van der Waals surface area contributed by atoms with Gasteiger partial charge in [0.1, 0.15) is 10.7 Å². The van der Waals surface area contributed by atoms with Crippen molar-refractivity contribution in [2.45, 2.75) is 17.7 Å². The number of amides is 2. The van der Waals surface area contributed by atoms with Gasteiger partial charge in [-0.3, -0.25) is 25.4 Å². The van der Waals surface area contributed by atoms with Gasteiger partial charge in [0, 0.05) is 37.0 Å². The molecule has 1 aliphatic heterocycles. The van der Waals surface area contributed by atoms with Crippen molar-refractivity contribution >= 4 is 21.8 Å². The fourth-order valence-electron chi connectivity index (χ4n) is 2.90. The Morgan fingerprint density at radius 2 is 1.75 bits per heavy atom. The Morgan fingerprint density at radius 1 is 1.07 bits per heavy atom. The maximum absolute atomic E-state index is 12.9. The number of aromatic nitrogens is 1. The van der Waals surface area contributed by atoms with Crippen LogP contribution in [-0.2, 0) is 14.8 Å². The number of nitrogens with zero attached hydrogens (tertiary/aromatic N) is 2. The number of piperidine rings is 1. The first-order valence-electron chi connectivity index (χ1n) is 8.64. The van der Waals surface area contributed by atoms with Gasteiger partial charge in [-0.05, 0) is 49.2 Å². The highest BCUT2D eigenvalue weighted by atomic mass is 32.2. The zero-order valence-corrected chi connectivity index (χ0v) is 15.7. The lowest BCUT2D eigenvalue weighted by molar-refractivity contribution is -0.126. The van der Waals surface area contributed by atoms with E-state index in [9.17, 15) is 22.4 Å². The molecule has 28 heavy (non-hydrogen) atoms. The third-order valence-electron chi connectivity index (χ3n) is 4.50. The van der Waals surface area contributed by atoms with Crippen molar-refractivity contribution in [3.8, 4) is 0 Å². The molecule has 1 aromatic heterocycles. The summed E-state index contributed by atoms with van der Waals surface area (Å²) < 4.78 is 39.3. The molecule has 1 aliphatic rings. The number of sulfonamides is 1. The lowest BCUT2D eigenvalue weighted by atomic mass is 9.98. The van der Waals surface area contributed by atoms with Gasteiger partial charge in [0.25, 0.3) is 5.91 Å². The first-order chi connectivity index (χ1) is 13.4. The van der Waals surface area contributed by atoms with Gasteiger partial charge in [0.2, 0.25) is 15.9 Å². The molecule has 0 spiro atoms. The van der Waals surface area contributed by atoms with Crippen LogP contribution in [0.2, 0.25) is 0 Å². The summed E-state index contributed by atoms with van der Waals surface area (Å²) in [6.45, 7) is 0.391. The molecule has 8 nitrogen and oxygen atoms in total. The minimum absolute atomic E-state index is 0.115. The quantitative estimate of drug-likeness (QED) is 0.739. The number of carbonyl (C=O) groups is 2.